The van der Waals surface area contributed by atoms with Crippen molar-refractivity contribution in [2.75, 3.05) is 0 Å². The number of aromatic nitrogens is 5. The molecule has 5 heterocycles. The number of pyridine rings is 3. The van der Waals surface area contributed by atoms with Gasteiger partial charge in [0.2, 0.25) is 0 Å². The lowest BCUT2D eigenvalue weighted by molar-refractivity contribution is 1.19. The molecule has 0 fully saturated rings. The number of nitrogens with zero attached hydrogens (tertiary/aromatic N) is 5. The zero-order valence-corrected chi connectivity index (χ0v) is 18.1. The number of hydrogen-bond donors (Lipinski definition) is 0. The Kier molecular flexibility index (Phi) is 3.34. The second-order valence-electron chi connectivity index (χ2n) is 8.58. The van der Waals surface area contributed by atoms with Gasteiger partial charge < -0.3 is 4.57 Å². The molecule has 0 saturated carbocycles. The Morgan fingerprint density at radius 3 is 2.35 bits per heavy atom. The molecule has 0 saturated heterocycles. The van der Waals surface area contributed by atoms with Crippen molar-refractivity contribution in [3.8, 4) is 5.69 Å². The summed E-state index contributed by atoms with van der Waals surface area (Å²) in [6.07, 6.45) is 5.60. The van der Waals surface area contributed by atoms with Gasteiger partial charge in [-0.15, -0.1) is 0 Å². The summed E-state index contributed by atoms with van der Waals surface area (Å²) >= 11 is 0. The molecule has 0 aliphatic heterocycles. The van der Waals surface area contributed by atoms with Crippen LogP contribution in [-0.4, -0.2) is 23.9 Å². The van der Waals surface area contributed by atoms with Crippen LogP contribution in [0, 0.1) is 0 Å². The van der Waals surface area contributed by atoms with Crippen LogP contribution in [-0.2, 0) is 0 Å². The molecular weight excluding hydrogens is 418 g/mol. The van der Waals surface area contributed by atoms with E-state index in [4.69, 9.17) is 4.98 Å². The van der Waals surface area contributed by atoms with Gasteiger partial charge in [0.15, 0.2) is 5.65 Å². The molecule has 0 aliphatic rings. The van der Waals surface area contributed by atoms with Gasteiger partial charge in [-0.25, -0.2) is 9.97 Å². The maximum absolute atomic E-state index is 4.97. The van der Waals surface area contributed by atoms with Gasteiger partial charge in [-0.05, 0) is 42.5 Å². The van der Waals surface area contributed by atoms with Crippen LogP contribution in [0.15, 0.2) is 104 Å². The summed E-state index contributed by atoms with van der Waals surface area (Å²) in [4.78, 5) is 14.0. The lowest BCUT2D eigenvalue weighted by Crippen LogP contribution is -1.97. The Labute approximate surface area is 193 Å². The molecular formula is C29H17N5. The number of fused-ring (bicyclic) bond motifs is 12. The molecule has 0 unspecified atom stereocenters. The van der Waals surface area contributed by atoms with E-state index in [9.17, 15) is 0 Å². The van der Waals surface area contributed by atoms with Crippen molar-refractivity contribution >= 4 is 60.3 Å². The summed E-state index contributed by atoms with van der Waals surface area (Å²) in [5.74, 6) is 0. The molecule has 8 rings (SSSR count). The highest BCUT2D eigenvalue weighted by atomic mass is 15.1. The van der Waals surface area contributed by atoms with E-state index < -0.39 is 0 Å². The highest BCUT2D eigenvalue weighted by molar-refractivity contribution is 6.27. The Morgan fingerprint density at radius 1 is 0.588 bits per heavy atom. The summed E-state index contributed by atoms with van der Waals surface area (Å²) < 4.78 is 4.57. The predicted octanol–water partition coefficient (Wildman–Crippen LogP) is 6.68. The van der Waals surface area contributed by atoms with E-state index in [1.165, 1.54) is 27.2 Å². The summed E-state index contributed by atoms with van der Waals surface area (Å²) in [5, 5.41) is 5.89. The number of benzene rings is 3. The molecule has 0 radical (unpaired) electrons. The predicted molar refractivity (Wildman–Crippen MR) is 138 cm³/mol. The first-order valence-corrected chi connectivity index (χ1v) is 11.3. The maximum Gasteiger partial charge on any atom is 0.178 e. The number of imidazole rings is 1. The van der Waals surface area contributed by atoms with Gasteiger partial charge in [-0.3, -0.25) is 9.38 Å². The first kappa shape index (κ1) is 17.7. The maximum atomic E-state index is 4.97. The second-order valence-corrected chi connectivity index (χ2v) is 8.58. The van der Waals surface area contributed by atoms with Crippen molar-refractivity contribution in [2.24, 2.45) is 0 Å². The largest absolute Gasteiger partial charge is 0.309 e. The molecule has 5 nitrogen and oxygen atoms in total. The van der Waals surface area contributed by atoms with Gasteiger partial charge >= 0.3 is 0 Å². The van der Waals surface area contributed by atoms with Gasteiger partial charge in [0.1, 0.15) is 5.65 Å². The fraction of sp³-hybridized carbons (Fsp3) is 0. The van der Waals surface area contributed by atoms with Gasteiger partial charge in [0, 0.05) is 45.0 Å². The van der Waals surface area contributed by atoms with E-state index >= 15 is 0 Å². The van der Waals surface area contributed by atoms with Crippen molar-refractivity contribution in [2.45, 2.75) is 0 Å². The highest BCUT2D eigenvalue weighted by Gasteiger charge is 2.20. The van der Waals surface area contributed by atoms with Crippen LogP contribution in [0.25, 0.3) is 66.0 Å². The minimum atomic E-state index is 0.740. The van der Waals surface area contributed by atoms with Gasteiger partial charge in [-0.2, -0.15) is 0 Å². The van der Waals surface area contributed by atoms with E-state index in [1.807, 2.05) is 18.5 Å². The monoisotopic (exact) mass is 435 g/mol. The van der Waals surface area contributed by atoms with E-state index in [2.05, 4.69) is 97.8 Å². The fourth-order valence-corrected chi connectivity index (χ4v) is 5.48. The van der Waals surface area contributed by atoms with Crippen molar-refractivity contribution in [1.82, 2.24) is 23.9 Å². The quantitative estimate of drug-likeness (QED) is 0.270. The second kappa shape index (κ2) is 6.39. The number of para-hydroxylation sites is 2. The average Bonchev–Trinajstić information content (AvgIpc) is 3.46. The molecule has 158 valence electrons. The average molecular weight is 435 g/mol. The summed E-state index contributed by atoms with van der Waals surface area (Å²) in [5.41, 5.74) is 7.16. The van der Waals surface area contributed by atoms with Crippen LogP contribution in [0.4, 0.5) is 0 Å². The van der Waals surface area contributed by atoms with Crippen molar-refractivity contribution in [3.05, 3.63) is 104 Å². The van der Waals surface area contributed by atoms with E-state index in [1.54, 1.807) is 6.20 Å². The lowest BCUT2D eigenvalue weighted by atomic mass is 10.0. The Balaban J connectivity index is 1.73. The normalized spacial score (nSPS) is 12.1. The van der Waals surface area contributed by atoms with Crippen LogP contribution in [0.3, 0.4) is 0 Å². The van der Waals surface area contributed by atoms with Gasteiger partial charge in [0.25, 0.3) is 0 Å². The third-order valence-corrected chi connectivity index (χ3v) is 6.83. The molecule has 0 atom stereocenters. The Bertz CT molecular complexity index is 2070. The van der Waals surface area contributed by atoms with Crippen LogP contribution in [0.5, 0.6) is 0 Å². The van der Waals surface area contributed by atoms with Crippen molar-refractivity contribution in [3.63, 3.8) is 0 Å². The van der Waals surface area contributed by atoms with Crippen LogP contribution >= 0.6 is 0 Å². The minimum absolute atomic E-state index is 0.740. The SMILES string of the molecule is c1ccc(-n2c3ccccc3c3ccc4c(c5ccncc5n5c6cccnc6nc45)c32)cc1. The first-order valence-electron chi connectivity index (χ1n) is 11.3. The molecule has 0 bridgehead atoms. The first-order chi connectivity index (χ1) is 16.9. The number of rotatable bonds is 1. The highest BCUT2D eigenvalue weighted by Crippen LogP contribution is 2.41. The van der Waals surface area contributed by atoms with Crippen molar-refractivity contribution in [1.29, 1.82) is 0 Å². The molecule has 0 amide bonds. The summed E-state index contributed by atoms with van der Waals surface area (Å²) in [6.45, 7) is 0. The van der Waals surface area contributed by atoms with Gasteiger partial charge in [-0.1, -0.05) is 42.5 Å². The Hall–Kier alpha value is -4.77. The molecule has 5 aromatic heterocycles. The Morgan fingerprint density at radius 2 is 1.41 bits per heavy atom. The third kappa shape index (κ3) is 2.16. The van der Waals surface area contributed by atoms with E-state index in [-0.39, 0.29) is 0 Å². The number of hydrogen-bond acceptors (Lipinski definition) is 3. The molecule has 5 heteroatoms. The van der Waals surface area contributed by atoms with Gasteiger partial charge in [0.05, 0.1) is 28.3 Å². The fourth-order valence-electron chi connectivity index (χ4n) is 5.48. The topological polar surface area (TPSA) is 48.0 Å². The molecule has 3 aromatic carbocycles. The summed E-state index contributed by atoms with van der Waals surface area (Å²) in [7, 11) is 0. The van der Waals surface area contributed by atoms with Crippen LogP contribution < -0.4 is 0 Å². The zero-order chi connectivity index (χ0) is 22.2. The molecule has 0 aliphatic carbocycles. The molecule has 0 N–H and O–H groups in total. The molecule has 34 heavy (non-hydrogen) atoms. The minimum Gasteiger partial charge on any atom is -0.309 e. The lowest BCUT2D eigenvalue weighted by Gasteiger charge is -2.13. The summed E-state index contributed by atoms with van der Waals surface area (Å²) in [6, 6.07) is 29.8. The molecule has 0 spiro atoms. The standard InChI is InChI=1S/C29H17N5/c1-2-7-18(8-3-1)33-23-10-5-4-9-19(23)20-12-13-22-26(27(20)33)21-14-16-30-17-25(21)34-24-11-6-15-31-28(24)32-29(22)34/h1-17H. The molecule has 8 aromatic rings. The van der Waals surface area contributed by atoms with Crippen LogP contribution in [0.2, 0.25) is 0 Å². The smallest absolute Gasteiger partial charge is 0.178 e. The van der Waals surface area contributed by atoms with Crippen LogP contribution in [0.1, 0.15) is 0 Å². The van der Waals surface area contributed by atoms with Crippen molar-refractivity contribution < 1.29 is 0 Å². The zero-order valence-electron chi connectivity index (χ0n) is 18.1. The van der Waals surface area contributed by atoms with E-state index in [0.29, 0.717) is 0 Å². The van der Waals surface area contributed by atoms with E-state index in [0.717, 1.165) is 38.8 Å². The third-order valence-electron chi connectivity index (χ3n) is 6.83.